The van der Waals surface area contributed by atoms with Crippen LogP contribution in [0.15, 0.2) is 47.4 Å². The number of benzene rings is 2. The lowest BCUT2D eigenvalue weighted by atomic mass is 10.2. The minimum atomic E-state index is -3.64. The summed E-state index contributed by atoms with van der Waals surface area (Å²) >= 11 is 0. The molecule has 144 valence electrons. The van der Waals surface area contributed by atoms with Crippen LogP contribution in [0.5, 0.6) is 11.5 Å². The van der Waals surface area contributed by atoms with E-state index in [1.807, 2.05) is 6.92 Å². The van der Waals surface area contributed by atoms with Gasteiger partial charge >= 0.3 is 0 Å². The van der Waals surface area contributed by atoms with Crippen molar-refractivity contribution in [2.45, 2.75) is 24.7 Å². The largest absolute Gasteiger partial charge is 0.506 e. The molecule has 0 atom stereocenters. The highest BCUT2D eigenvalue weighted by Crippen LogP contribution is 2.29. The Morgan fingerprint density at radius 3 is 2.63 bits per heavy atom. The topological polar surface area (TPSA) is 95.9 Å². The number of sulfonamides is 1. The molecule has 0 aromatic heterocycles. The number of carbonyl (C=O) groups excluding carboxylic acids is 1. The molecule has 1 amide bonds. The summed E-state index contributed by atoms with van der Waals surface area (Å²) in [6.07, 6.45) is 1.66. The van der Waals surface area contributed by atoms with Crippen LogP contribution in [0.25, 0.3) is 0 Å². The van der Waals surface area contributed by atoms with Crippen LogP contribution >= 0.6 is 0 Å². The lowest BCUT2D eigenvalue weighted by Crippen LogP contribution is -2.28. The number of phenolic OH excluding ortho intramolecular Hbond substituents is 1. The number of aromatic hydroxyl groups is 1. The second-order valence-corrected chi connectivity index (χ2v) is 8.14. The predicted octanol–water partition coefficient (Wildman–Crippen LogP) is 2.83. The van der Waals surface area contributed by atoms with E-state index in [-0.39, 0.29) is 16.3 Å². The van der Waals surface area contributed by atoms with Gasteiger partial charge in [0.05, 0.1) is 17.2 Å². The summed E-state index contributed by atoms with van der Waals surface area (Å²) in [6, 6.07) is 10.5. The Labute approximate surface area is 158 Å². The number of rotatable bonds is 6. The number of hydrogen-bond donors (Lipinski definition) is 2. The highest BCUT2D eigenvalue weighted by Gasteiger charge is 2.28. The maximum atomic E-state index is 12.7. The molecule has 7 nitrogen and oxygen atoms in total. The Hall–Kier alpha value is -2.58. The van der Waals surface area contributed by atoms with Gasteiger partial charge in [-0.05, 0) is 56.2 Å². The summed E-state index contributed by atoms with van der Waals surface area (Å²) in [5.74, 6) is -0.119. The fraction of sp³-hybridized carbons (Fsp3) is 0.316. The average Bonchev–Trinajstić information content (AvgIpc) is 3.19. The van der Waals surface area contributed by atoms with Crippen LogP contribution in [0.2, 0.25) is 0 Å². The molecule has 2 N–H and O–H groups in total. The summed E-state index contributed by atoms with van der Waals surface area (Å²) in [5, 5.41) is 12.6. The first-order valence-corrected chi connectivity index (χ1v) is 10.2. The van der Waals surface area contributed by atoms with Gasteiger partial charge < -0.3 is 15.2 Å². The third-order valence-electron chi connectivity index (χ3n) is 4.33. The molecule has 2 aromatic carbocycles. The number of nitrogens with zero attached hydrogens (tertiary/aromatic N) is 1. The van der Waals surface area contributed by atoms with Crippen LogP contribution < -0.4 is 10.1 Å². The van der Waals surface area contributed by atoms with E-state index < -0.39 is 15.9 Å². The fourth-order valence-electron chi connectivity index (χ4n) is 2.94. The SMILES string of the molecule is CCOc1cccc(C(=O)Nc2cc(S(=O)(=O)N3CCCC3)ccc2O)c1. The second kappa shape index (κ2) is 7.98. The summed E-state index contributed by atoms with van der Waals surface area (Å²) in [6.45, 7) is 3.28. The molecule has 0 spiro atoms. The predicted molar refractivity (Wildman–Crippen MR) is 102 cm³/mol. The van der Waals surface area contributed by atoms with Crippen molar-refractivity contribution in [1.29, 1.82) is 0 Å². The zero-order valence-electron chi connectivity index (χ0n) is 15.0. The van der Waals surface area contributed by atoms with Gasteiger partial charge in [-0.1, -0.05) is 6.07 Å². The zero-order chi connectivity index (χ0) is 19.4. The molecule has 8 heteroatoms. The lowest BCUT2D eigenvalue weighted by molar-refractivity contribution is 0.102. The monoisotopic (exact) mass is 390 g/mol. The molecule has 2 aromatic rings. The first-order chi connectivity index (χ1) is 12.9. The van der Waals surface area contributed by atoms with Crippen LogP contribution in [0.3, 0.4) is 0 Å². The number of nitrogens with one attached hydrogen (secondary N) is 1. The van der Waals surface area contributed by atoms with Crippen molar-refractivity contribution in [3.63, 3.8) is 0 Å². The molecule has 0 aliphatic carbocycles. The van der Waals surface area contributed by atoms with Gasteiger partial charge in [0.25, 0.3) is 5.91 Å². The Bertz CT molecular complexity index is 937. The Kier molecular flexibility index (Phi) is 5.67. The molecular formula is C19H22N2O5S. The number of phenols is 1. The van der Waals surface area contributed by atoms with Gasteiger partial charge in [-0.2, -0.15) is 4.31 Å². The quantitative estimate of drug-likeness (QED) is 0.740. The number of ether oxygens (including phenoxy) is 1. The zero-order valence-corrected chi connectivity index (χ0v) is 15.8. The van der Waals surface area contributed by atoms with Crippen molar-refractivity contribution in [3.8, 4) is 11.5 Å². The van der Waals surface area contributed by atoms with Crippen LogP contribution in [0, 0.1) is 0 Å². The molecule has 0 radical (unpaired) electrons. The van der Waals surface area contributed by atoms with Crippen molar-refractivity contribution in [2.24, 2.45) is 0 Å². The van der Waals surface area contributed by atoms with Crippen LogP contribution in [0.4, 0.5) is 5.69 Å². The van der Waals surface area contributed by atoms with Crippen molar-refractivity contribution >= 4 is 21.6 Å². The highest BCUT2D eigenvalue weighted by molar-refractivity contribution is 7.89. The van der Waals surface area contributed by atoms with Crippen LogP contribution in [-0.2, 0) is 10.0 Å². The van der Waals surface area contributed by atoms with Gasteiger partial charge in [0.15, 0.2) is 0 Å². The van der Waals surface area contributed by atoms with Gasteiger partial charge in [0.1, 0.15) is 11.5 Å². The first-order valence-electron chi connectivity index (χ1n) is 8.79. The van der Waals surface area contributed by atoms with E-state index in [9.17, 15) is 18.3 Å². The van der Waals surface area contributed by atoms with E-state index in [0.29, 0.717) is 31.0 Å². The lowest BCUT2D eigenvalue weighted by Gasteiger charge is -2.17. The Morgan fingerprint density at radius 1 is 1.19 bits per heavy atom. The highest BCUT2D eigenvalue weighted by atomic mass is 32.2. The minimum absolute atomic E-state index is 0.0422. The molecule has 0 unspecified atom stereocenters. The standard InChI is InChI=1S/C19H22N2O5S/c1-2-26-15-7-5-6-14(12-15)19(23)20-17-13-16(8-9-18(17)22)27(24,25)21-10-3-4-11-21/h5-9,12-13,22H,2-4,10-11H2,1H3,(H,20,23). The van der Waals surface area contributed by atoms with Crippen molar-refractivity contribution in [2.75, 3.05) is 25.0 Å². The van der Waals surface area contributed by atoms with Gasteiger partial charge in [-0.25, -0.2) is 8.42 Å². The number of anilines is 1. The third kappa shape index (κ3) is 4.23. The molecule has 3 rings (SSSR count). The second-order valence-electron chi connectivity index (χ2n) is 6.21. The van der Waals surface area contributed by atoms with E-state index in [1.54, 1.807) is 24.3 Å². The minimum Gasteiger partial charge on any atom is -0.506 e. The van der Waals surface area contributed by atoms with Crippen molar-refractivity contribution < 1.29 is 23.1 Å². The number of carbonyl (C=O) groups is 1. The molecule has 1 heterocycles. The van der Waals surface area contributed by atoms with E-state index >= 15 is 0 Å². The number of hydrogen-bond acceptors (Lipinski definition) is 5. The summed E-state index contributed by atoms with van der Waals surface area (Å²) in [7, 11) is -3.64. The molecule has 1 saturated heterocycles. The normalized spacial score (nSPS) is 14.9. The Balaban J connectivity index is 1.84. The maximum Gasteiger partial charge on any atom is 0.255 e. The van der Waals surface area contributed by atoms with Crippen LogP contribution in [0.1, 0.15) is 30.1 Å². The molecule has 0 bridgehead atoms. The van der Waals surface area contributed by atoms with E-state index in [1.165, 1.54) is 22.5 Å². The van der Waals surface area contributed by atoms with Crippen molar-refractivity contribution in [3.05, 3.63) is 48.0 Å². The van der Waals surface area contributed by atoms with Gasteiger partial charge in [-0.3, -0.25) is 4.79 Å². The molecule has 0 saturated carbocycles. The third-order valence-corrected chi connectivity index (χ3v) is 6.22. The first kappa shape index (κ1) is 19.2. The number of amides is 1. The summed E-state index contributed by atoms with van der Waals surface area (Å²) in [5.41, 5.74) is 0.384. The Morgan fingerprint density at radius 2 is 1.93 bits per heavy atom. The molecular weight excluding hydrogens is 368 g/mol. The van der Waals surface area contributed by atoms with Gasteiger partial charge in [0.2, 0.25) is 10.0 Å². The van der Waals surface area contributed by atoms with E-state index in [2.05, 4.69) is 5.32 Å². The molecule has 1 aliphatic rings. The van der Waals surface area contributed by atoms with Gasteiger partial charge in [0, 0.05) is 18.7 Å². The smallest absolute Gasteiger partial charge is 0.255 e. The van der Waals surface area contributed by atoms with E-state index in [0.717, 1.165) is 12.8 Å². The average molecular weight is 390 g/mol. The fourth-order valence-corrected chi connectivity index (χ4v) is 4.49. The van der Waals surface area contributed by atoms with Crippen LogP contribution in [-0.4, -0.2) is 43.4 Å². The van der Waals surface area contributed by atoms with E-state index in [4.69, 9.17) is 4.74 Å². The van der Waals surface area contributed by atoms with Gasteiger partial charge in [-0.15, -0.1) is 0 Å². The summed E-state index contributed by atoms with van der Waals surface area (Å²) < 4.78 is 32.2. The summed E-state index contributed by atoms with van der Waals surface area (Å²) in [4.78, 5) is 12.5. The molecule has 27 heavy (non-hydrogen) atoms. The maximum absolute atomic E-state index is 12.7. The molecule has 1 aliphatic heterocycles. The van der Waals surface area contributed by atoms with Crippen molar-refractivity contribution in [1.82, 2.24) is 4.31 Å². The molecule has 1 fully saturated rings.